The van der Waals surface area contributed by atoms with Crippen molar-refractivity contribution in [3.8, 4) is 0 Å². The minimum atomic E-state index is 0. The maximum absolute atomic E-state index is 4.63. The molecule has 0 aliphatic carbocycles. The van der Waals surface area contributed by atoms with Crippen LogP contribution in [-0.2, 0) is 13.0 Å². The molecule has 4 nitrogen and oxygen atoms in total. The lowest BCUT2D eigenvalue weighted by molar-refractivity contribution is 0.727. The average Bonchev–Trinajstić information content (AvgIpc) is 3.13. The summed E-state index contributed by atoms with van der Waals surface area (Å²) in [6.07, 6.45) is 5.69. The summed E-state index contributed by atoms with van der Waals surface area (Å²) in [4.78, 5) is 10.4. The predicted molar refractivity (Wildman–Crippen MR) is 105 cm³/mol. The lowest BCUT2D eigenvalue weighted by Gasteiger charge is -2.14. The second-order valence-electron chi connectivity index (χ2n) is 4.78. The SMILES string of the molecule is CCNC(=NCc1ncc(CC)s1)NCC1CCCS1.I. The van der Waals surface area contributed by atoms with Crippen LogP contribution >= 0.6 is 47.1 Å². The topological polar surface area (TPSA) is 49.3 Å². The second kappa shape index (κ2) is 10.7. The van der Waals surface area contributed by atoms with Crippen LogP contribution in [0.25, 0.3) is 0 Å². The van der Waals surface area contributed by atoms with Gasteiger partial charge < -0.3 is 10.6 Å². The Labute approximate surface area is 153 Å². The van der Waals surface area contributed by atoms with E-state index in [1.807, 2.05) is 6.20 Å². The van der Waals surface area contributed by atoms with Crippen LogP contribution in [0.4, 0.5) is 0 Å². The van der Waals surface area contributed by atoms with Gasteiger partial charge in [-0.15, -0.1) is 35.3 Å². The van der Waals surface area contributed by atoms with Crippen LogP contribution in [0.15, 0.2) is 11.2 Å². The van der Waals surface area contributed by atoms with Gasteiger partial charge in [-0.3, -0.25) is 0 Å². The van der Waals surface area contributed by atoms with E-state index in [1.54, 1.807) is 11.3 Å². The highest BCUT2D eigenvalue weighted by Gasteiger charge is 2.15. The zero-order chi connectivity index (χ0) is 14.2. The Morgan fingerprint density at radius 3 is 2.90 bits per heavy atom. The maximum atomic E-state index is 4.63. The van der Waals surface area contributed by atoms with Gasteiger partial charge in [-0.1, -0.05) is 6.92 Å². The number of aryl methyl sites for hydroxylation is 1. The Balaban J connectivity index is 0.00000220. The van der Waals surface area contributed by atoms with E-state index in [9.17, 15) is 0 Å². The van der Waals surface area contributed by atoms with E-state index in [-0.39, 0.29) is 24.0 Å². The van der Waals surface area contributed by atoms with Crippen LogP contribution in [0.1, 0.15) is 36.6 Å². The first-order valence-electron chi connectivity index (χ1n) is 7.39. The van der Waals surface area contributed by atoms with Crippen molar-refractivity contribution in [1.29, 1.82) is 0 Å². The number of nitrogens with one attached hydrogen (secondary N) is 2. The highest BCUT2D eigenvalue weighted by molar-refractivity contribution is 14.0. The first-order valence-corrected chi connectivity index (χ1v) is 9.25. The molecule has 0 bridgehead atoms. The van der Waals surface area contributed by atoms with Gasteiger partial charge in [0.05, 0.1) is 6.54 Å². The highest BCUT2D eigenvalue weighted by atomic mass is 127. The molecule has 21 heavy (non-hydrogen) atoms. The molecule has 2 N–H and O–H groups in total. The van der Waals surface area contributed by atoms with Crippen molar-refractivity contribution in [3.63, 3.8) is 0 Å². The van der Waals surface area contributed by atoms with Gasteiger partial charge in [0.15, 0.2) is 5.96 Å². The summed E-state index contributed by atoms with van der Waals surface area (Å²) < 4.78 is 0. The molecule has 1 aliphatic rings. The van der Waals surface area contributed by atoms with Crippen molar-refractivity contribution < 1.29 is 0 Å². The van der Waals surface area contributed by atoms with E-state index in [2.05, 4.69) is 46.2 Å². The number of aromatic nitrogens is 1. The largest absolute Gasteiger partial charge is 0.357 e. The molecule has 7 heteroatoms. The summed E-state index contributed by atoms with van der Waals surface area (Å²) >= 11 is 3.83. The molecule has 1 saturated heterocycles. The normalized spacial score (nSPS) is 18.4. The molecule has 2 rings (SSSR count). The smallest absolute Gasteiger partial charge is 0.191 e. The fourth-order valence-electron chi connectivity index (χ4n) is 2.09. The summed E-state index contributed by atoms with van der Waals surface area (Å²) in [5.74, 6) is 2.21. The van der Waals surface area contributed by atoms with E-state index in [1.165, 1.54) is 23.5 Å². The molecular weight excluding hydrogens is 415 g/mol. The van der Waals surface area contributed by atoms with Crippen LogP contribution in [-0.4, -0.2) is 35.0 Å². The van der Waals surface area contributed by atoms with Crippen molar-refractivity contribution in [2.75, 3.05) is 18.8 Å². The van der Waals surface area contributed by atoms with Crippen molar-refractivity contribution in [2.24, 2.45) is 4.99 Å². The quantitative estimate of drug-likeness (QED) is 0.405. The molecule has 1 aliphatic heterocycles. The molecule has 0 spiro atoms. The molecule has 0 saturated carbocycles. The van der Waals surface area contributed by atoms with Crippen LogP contribution in [0.3, 0.4) is 0 Å². The first-order chi connectivity index (χ1) is 9.81. The summed E-state index contributed by atoms with van der Waals surface area (Å²) in [5, 5.41) is 8.59. The lowest BCUT2D eigenvalue weighted by atomic mass is 10.2. The van der Waals surface area contributed by atoms with Gasteiger partial charge in [0.2, 0.25) is 0 Å². The molecule has 1 unspecified atom stereocenters. The van der Waals surface area contributed by atoms with Gasteiger partial charge in [0, 0.05) is 29.4 Å². The molecule has 0 aromatic carbocycles. The van der Waals surface area contributed by atoms with Crippen molar-refractivity contribution in [1.82, 2.24) is 15.6 Å². The van der Waals surface area contributed by atoms with Crippen molar-refractivity contribution in [3.05, 3.63) is 16.1 Å². The van der Waals surface area contributed by atoms with Crippen LogP contribution < -0.4 is 10.6 Å². The van der Waals surface area contributed by atoms with Gasteiger partial charge in [0.1, 0.15) is 5.01 Å². The number of nitrogens with zero attached hydrogens (tertiary/aromatic N) is 2. The minimum Gasteiger partial charge on any atom is -0.357 e. The number of hydrogen-bond donors (Lipinski definition) is 2. The summed E-state index contributed by atoms with van der Waals surface area (Å²) in [5.41, 5.74) is 0. The third-order valence-electron chi connectivity index (χ3n) is 3.19. The Kier molecular flexibility index (Phi) is 9.66. The minimum absolute atomic E-state index is 0. The third-order valence-corrected chi connectivity index (χ3v) is 5.71. The van der Waals surface area contributed by atoms with Gasteiger partial charge in [-0.05, 0) is 31.9 Å². The number of rotatable bonds is 6. The summed E-state index contributed by atoms with van der Waals surface area (Å²) in [7, 11) is 0. The molecular formula is C14H25IN4S2. The van der Waals surface area contributed by atoms with Gasteiger partial charge in [-0.2, -0.15) is 11.8 Å². The zero-order valence-corrected chi connectivity index (χ0v) is 16.7. The fraction of sp³-hybridized carbons (Fsp3) is 0.714. The second-order valence-corrected chi connectivity index (χ2v) is 7.39. The van der Waals surface area contributed by atoms with E-state index >= 15 is 0 Å². The van der Waals surface area contributed by atoms with E-state index in [4.69, 9.17) is 0 Å². The molecule has 1 aromatic rings. The van der Waals surface area contributed by atoms with Crippen LogP contribution in [0.2, 0.25) is 0 Å². The molecule has 0 radical (unpaired) electrons. The molecule has 2 heterocycles. The van der Waals surface area contributed by atoms with Gasteiger partial charge >= 0.3 is 0 Å². The maximum Gasteiger partial charge on any atom is 0.191 e. The Morgan fingerprint density at radius 2 is 2.29 bits per heavy atom. The Morgan fingerprint density at radius 1 is 1.43 bits per heavy atom. The standard InChI is InChI=1S/C14H24N4S2.HI/c1-3-11-8-16-13(20-11)10-18-14(15-4-2)17-9-12-6-5-7-19-12;/h8,12H,3-7,9-10H2,1-2H3,(H2,15,17,18);1H. The Bertz CT molecular complexity index is 430. The molecule has 1 atom stereocenters. The lowest BCUT2D eigenvalue weighted by Crippen LogP contribution is -2.40. The molecule has 0 amide bonds. The average molecular weight is 440 g/mol. The van der Waals surface area contributed by atoms with Crippen molar-refractivity contribution in [2.45, 2.75) is 44.9 Å². The summed E-state index contributed by atoms with van der Waals surface area (Å²) in [6.45, 7) is 6.82. The van der Waals surface area contributed by atoms with Gasteiger partial charge in [-0.25, -0.2) is 9.98 Å². The molecule has 1 aromatic heterocycles. The number of aliphatic imine (C=N–C) groups is 1. The number of thioether (sulfide) groups is 1. The van der Waals surface area contributed by atoms with Crippen molar-refractivity contribution >= 4 is 53.0 Å². The number of thiazole rings is 1. The first kappa shape index (κ1) is 19.0. The summed E-state index contributed by atoms with van der Waals surface area (Å²) in [6, 6.07) is 0. The number of halogens is 1. The van der Waals surface area contributed by atoms with E-state index in [0.717, 1.165) is 35.7 Å². The van der Waals surface area contributed by atoms with E-state index < -0.39 is 0 Å². The predicted octanol–water partition coefficient (Wildman–Crippen LogP) is 3.27. The van der Waals surface area contributed by atoms with E-state index in [0.29, 0.717) is 6.54 Å². The fourth-order valence-corrected chi connectivity index (χ4v) is 4.08. The third kappa shape index (κ3) is 6.73. The monoisotopic (exact) mass is 440 g/mol. The molecule has 1 fully saturated rings. The zero-order valence-electron chi connectivity index (χ0n) is 12.7. The highest BCUT2D eigenvalue weighted by Crippen LogP contribution is 2.25. The van der Waals surface area contributed by atoms with Crippen LogP contribution in [0, 0.1) is 0 Å². The van der Waals surface area contributed by atoms with Gasteiger partial charge in [0.25, 0.3) is 0 Å². The number of hydrogen-bond acceptors (Lipinski definition) is 4. The van der Waals surface area contributed by atoms with Crippen LogP contribution in [0.5, 0.6) is 0 Å². The number of guanidine groups is 1. The Hall–Kier alpha value is -0.0200. The molecule has 120 valence electrons.